The molecule has 0 saturated heterocycles. The molecule has 0 amide bonds. The lowest BCUT2D eigenvalue weighted by molar-refractivity contribution is 0.0158. The number of fused-ring (bicyclic) bond motifs is 2. The fourth-order valence-corrected chi connectivity index (χ4v) is 6.27. The zero-order valence-corrected chi connectivity index (χ0v) is 22.8. The molecule has 1 saturated carbocycles. The van der Waals surface area contributed by atoms with Crippen molar-refractivity contribution >= 4 is 35.9 Å². The first-order chi connectivity index (χ1) is 18.3. The highest BCUT2D eigenvalue weighted by Gasteiger charge is 2.38. The van der Waals surface area contributed by atoms with Crippen molar-refractivity contribution in [2.24, 2.45) is 5.92 Å². The number of ketones is 2. The van der Waals surface area contributed by atoms with Gasteiger partial charge in [0.25, 0.3) is 0 Å². The number of carbonyl (C=O) groups is 3. The lowest BCUT2D eigenvalue weighted by Crippen LogP contribution is -2.28. The summed E-state index contributed by atoms with van der Waals surface area (Å²) in [5.41, 5.74) is 9.55. The van der Waals surface area contributed by atoms with Crippen molar-refractivity contribution in [1.82, 2.24) is 0 Å². The first-order valence-corrected chi connectivity index (χ1v) is 13.9. The maximum absolute atomic E-state index is 13.8. The third-order valence-electron chi connectivity index (χ3n) is 7.96. The summed E-state index contributed by atoms with van der Waals surface area (Å²) >= 11 is 4.76. The molecule has 0 radical (unpaired) electrons. The monoisotopic (exact) mass is 527 g/mol. The quantitative estimate of drug-likeness (QED) is 0.157. The summed E-state index contributed by atoms with van der Waals surface area (Å²) in [4.78, 5) is 41.3. The number of nitrogens with two attached hydrogens (primary N) is 1. The summed E-state index contributed by atoms with van der Waals surface area (Å²) < 4.78 is 5.96. The van der Waals surface area contributed by atoms with E-state index in [0.29, 0.717) is 22.6 Å². The van der Waals surface area contributed by atoms with Crippen molar-refractivity contribution in [3.05, 3.63) is 81.9 Å². The Morgan fingerprint density at radius 3 is 2.13 bits per heavy atom. The molecule has 5 nitrogen and oxygen atoms in total. The van der Waals surface area contributed by atoms with Gasteiger partial charge in [-0.15, -0.1) is 12.6 Å². The van der Waals surface area contributed by atoms with E-state index in [9.17, 15) is 14.4 Å². The molecule has 3 aromatic rings. The highest BCUT2D eigenvalue weighted by Crippen LogP contribution is 2.44. The van der Waals surface area contributed by atoms with Crippen LogP contribution in [0.25, 0.3) is 11.1 Å². The molecule has 0 heterocycles. The van der Waals surface area contributed by atoms with Crippen LogP contribution in [0.4, 0.5) is 5.69 Å². The number of unbranched alkanes of at least 4 members (excludes halogenated alkanes) is 1. The van der Waals surface area contributed by atoms with Crippen molar-refractivity contribution in [2.45, 2.75) is 69.8 Å². The number of hydrogen-bond donors (Lipinski definition) is 2. The third kappa shape index (κ3) is 4.66. The minimum Gasteiger partial charge on any atom is -0.459 e. The molecule has 0 spiro atoms. The summed E-state index contributed by atoms with van der Waals surface area (Å²) in [6.07, 6.45) is 7.10. The number of benzene rings is 3. The smallest absolute Gasteiger partial charge is 0.341 e. The number of ether oxygens (including phenoxy) is 1. The lowest BCUT2D eigenvalue weighted by atomic mass is 9.78. The van der Waals surface area contributed by atoms with Gasteiger partial charge in [0, 0.05) is 27.1 Å². The van der Waals surface area contributed by atoms with Crippen LogP contribution in [0, 0.1) is 12.8 Å². The third-order valence-corrected chi connectivity index (χ3v) is 8.41. The van der Waals surface area contributed by atoms with E-state index in [0.717, 1.165) is 31.2 Å². The Balaban J connectivity index is 1.58. The van der Waals surface area contributed by atoms with Gasteiger partial charge in [-0.2, -0.15) is 0 Å². The number of anilines is 1. The fraction of sp³-hybridized carbons (Fsp3) is 0.344. The zero-order valence-electron chi connectivity index (χ0n) is 21.9. The number of esters is 1. The van der Waals surface area contributed by atoms with Crippen LogP contribution in [0.15, 0.2) is 53.4 Å². The van der Waals surface area contributed by atoms with Gasteiger partial charge in [0.1, 0.15) is 6.10 Å². The second kappa shape index (κ2) is 10.8. The van der Waals surface area contributed by atoms with Crippen LogP contribution in [0.3, 0.4) is 0 Å². The van der Waals surface area contributed by atoms with Crippen molar-refractivity contribution in [2.75, 3.05) is 5.73 Å². The van der Waals surface area contributed by atoms with E-state index in [4.69, 9.17) is 23.1 Å². The van der Waals surface area contributed by atoms with Crippen LogP contribution in [-0.2, 0) is 4.74 Å². The Bertz CT molecular complexity index is 1420. The fourth-order valence-electron chi connectivity index (χ4n) is 5.82. The van der Waals surface area contributed by atoms with E-state index in [1.807, 2.05) is 31.2 Å². The molecular formula is C32H33NO4S. The van der Waals surface area contributed by atoms with E-state index in [-0.39, 0.29) is 50.5 Å². The van der Waals surface area contributed by atoms with Gasteiger partial charge in [0.2, 0.25) is 0 Å². The van der Waals surface area contributed by atoms with Gasteiger partial charge in [-0.05, 0) is 44.1 Å². The topological polar surface area (TPSA) is 86.5 Å². The number of nitrogen functional groups attached to an aromatic ring is 1. The minimum atomic E-state index is -0.597. The van der Waals surface area contributed by atoms with Crippen LogP contribution < -0.4 is 5.73 Å². The molecule has 0 aliphatic heterocycles. The normalized spacial score (nSPS) is 18.6. The SMILES string of the molecule is CCCCC1CCC(OC(=O)c2c(N)c3c(c(-c4ccc(C)cc4)c2S)C(=O)c2ccccc2C3=O)CC1. The number of hydrogen-bond acceptors (Lipinski definition) is 6. The standard InChI is InChI=1S/C32H33NO4S/c1-3-4-7-19-12-16-21(17-13-19)37-32(36)27-28(33)26-25(24(31(27)38)20-14-10-18(2)11-15-20)29(34)22-8-5-6-9-23(22)30(26)35/h5-6,8-11,14-15,19,21,38H,3-4,7,12-13,16-17,33H2,1-2H3. The van der Waals surface area contributed by atoms with Crippen molar-refractivity contribution in [3.63, 3.8) is 0 Å². The van der Waals surface area contributed by atoms with Crippen LogP contribution >= 0.6 is 12.6 Å². The lowest BCUT2D eigenvalue weighted by Gasteiger charge is -2.29. The molecule has 1 fully saturated rings. The van der Waals surface area contributed by atoms with Crippen LogP contribution in [-0.4, -0.2) is 23.6 Å². The first-order valence-electron chi connectivity index (χ1n) is 13.5. The molecule has 0 bridgehead atoms. The predicted molar refractivity (Wildman–Crippen MR) is 152 cm³/mol. The molecule has 2 aliphatic carbocycles. The Morgan fingerprint density at radius 1 is 0.921 bits per heavy atom. The van der Waals surface area contributed by atoms with E-state index in [1.54, 1.807) is 24.3 Å². The minimum absolute atomic E-state index is 0.0460. The molecule has 5 rings (SSSR count). The summed E-state index contributed by atoms with van der Waals surface area (Å²) in [6.45, 7) is 4.17. The van der Waals surface area contributed by atoms with Crippen molar-refractivity contribution < 1.29 is 19.1 Å². The average Bonchev–Trinajstić information content (AvgIpc) is 2.92. The van der Waals surface area contributed by atoms with Gasteiger partial charge >= 0.3 is 5.97 Å². The molecule has 3 aromatic carbocycles. The van der Waals surface area contributed by atoms with Gasteiger partial charge < -0.3 is 10.5 Å². The van der Waals surface area contributed by atoms with Crippen LogP contribution in [0.5, 0.6) is 0 Å². The molecule has 38 heavy (non-hydrogen) atoms. The predicted octanol–water partition coefficient (Wildman–Crippen LogP) is 7.21. The van der Waals surface area contributed by atoms with Gasteiger partial charge in [0.05, 0.1) is 16.8 Å². The largest absolute Gasteiger partial charge is 0.459 e. The van der Waals surface area contributed by atoms with E-state index < -0.39 is 5.97 Å². The van der Waals surface area contributed by atoms with Gasteiger partial charge in [-0.3, -0.25) is 9.59 Å². The molecule has 6 heteroatoms. The second-order valence-electron chi connectivity index (χ2n) is 10.5. The summed E-state index contributed by atoms with van der Waals surface area (Å²) in [7, 11) is 0. The van der Waals surface area contributed by atoms with Crippen molar-refractivity contribution in [3.8, 4) is 11.1 Å². The van der Waals surface area contributed by atoms with E-state index >= 15 is 0 Å². The van der Waals surface area contributed by atoms with Gasteiger partial charge in [-0.1, -0.05) is 80.3 Å². The second-order valence-corrected chi connectivity index (χ2v) is 11.0. The molecule has 2 N–H and O–H groups in total. The molecule has 196 valence electrons. The first kappa shape index (κ1) is 26.2. The number of carbonyl (C=O) groups excluding carboxylic acids is 3. The van der Waals surface area contributed by atoms with E-state index in [2.05, 4.69) is 6.92 Å². The highest BCUT2D eigenvalue weighted by molar-refractivity contribution is 7.80. The maximum atomic E-state index is 13.8. The van der Waals surface area contributed by atoms with Crippen LogP contribution in [0.1, 0.15) is 99.6 Å². The van der Waals surface area contributed by atoms with Crippen molar-refractivity contribution in [1.29, 1.82) is 0 Å². The summed E-state index contributed by atoms with van der Waals surface area (Å²) in [5.74, 6) is -0.603. The van der Waals surface area contributed by atoms with Gasteiger partial charge in [0.15, 0.2) is 11.6 Å². The molecule has 0 atom stereocenters. The molecule has 0 unspecified atom stereocenters. The van der Waals surface area contributed by atoms with Gasteiger partial charge in [-0.25, -0.2) is 4.79 Å². The average molecular weight is 528 g/mol. The molecule has 2 aliphatic rings. The zero-order chi connectivity index (χ0) is 27.0. The Morgan fingerprint density at radius 2 is 1.53 bits per heavy atom. The Kier molecular flexibility index (Phi) is 7.44. The Labute approximate surface area is 229 Å². The molecule has 0 aromatic heterocycles. The van der Waals surface area contributed by atoms with Crippen LogP contribution in [0.2, 0.25) is 0 Å². The number of aryl methyl sites for hydroxylation is 1. The summed E-state index contributed by atoms with van der Waals surface area (Å²) in [6, 6.07) is 14.3. The number of rotatable bonds is 6. The summed E-state index contributed by atoms with van der Waals surface area (Å²) in [5, 5.41) is 0. The van der Waals surface area contributed by atoms with E-state index in [1.165, 1.54) is 19.3 Å². The highest BCUT2D eigenvalue weighted by atomic mass is 32.1. The number of thiol groups is 1. The maximum Gasteiger partial charge on any atom is 0.341 e. The molecular weight excluding hydrogens is 494 g/mol. The Hall–Kier alpha value is -3.38.